The van der Waals surface area contributed by atoms with Crippen molar-refractivity contribution in [2.75, 3.05) is 6.61 Å². The Morgan fingerprint density at radius 1 is 1.44 bits per heavy atom. The van der Waals surface area contributed by atoms with Crippen molar-refractivity contribution in [3.63, 3.8) is 0 Å². The van der Waals surface area contributed by atoms with E-state index in [0.717, 1.165) is 19.4 Å². The summed E-state index contributed by atoms with van der Waals surface area (Å²) in [6.07, 6.45) is 2.26. The van der Waals surface area contributed by atoms with E-state index in [-0.39, 0.29) is 29.6 Å². The van der Waals surface area contributed by atoms with Gasteiger partial charge in [0.15, 0.2) is 0 Å². The van der Waals surface area contributed by atoms with Gasteiger partial charge in [-0.3, -0.25) is 10.1 Å². The van der Waals surface area contributed by atoms with Gasteiger partial charge < -0.3 is 9.64 Å². The quantitative estimate of drug-likeness (QED) is 0.831. The number of hydrogen-bond donors (Lipinski definition) is 1. The second-order valence-electron chi connectivity index (χ2n) is 6.07. The van der Waals surface area contributed by atoms with Crippen LogP contribution in [0.15, 0.2) is 0 Å². The van der Waals surface area contributed by atoms with Crippen molar-refractivity contribution in [2.24, 2.45) is 5.41 Å². The van der Waals surface area contributed by atoms with Crippen LogP contribution in [0.5, 0.6) is 0 Å². The molecule has 0 bridgehead atoms. The molecule has 1 saturated heterocycles. The van der Waals surface area contributed by atoms with E-state index in [1.807, 2.05) is 11.8 Å². The molecule has 2 aliphatic rings. The highest BCUT2D eigenvalue weighted by Gasteiger charge is 2.55. The number of carbonyl (C=O) groups is 1. The fraction of sp³-hybridized carbons (Fsp3) is 0.929. The van der Waals surface area contributed by atoms with Crippen molar-refractivity contribution in [3.05, 3.63) is 0 Å². The van der Waals surface area contributed by atoms with Crippen LogP contribution in [0.4, 0.5) is 0 Å². The molecule has 4 nitrogen and oxygen atoms in total. The summed E-state index contributed by atoms with van der Waals surface area (Å²) >= 11 is 0. The summed E-state index contributed by atoms with van der Waals surface area (Å²) in [6, 6.07) is 0.308. The zero-order valence-corrected chi connectivity index (χ0v) is 12.2. The van der Waals surface area contributed by atoms with Gasteiger partial charge in [-0.25, -0.2) is 0 Å². The van der Waals surface area contributed by atoms with E-state index >= 15 is 0 Å². The summed E-state index contributed by atoms with van der Waals surface area (Å²) in [5.74, 6) is 0.262. The van der Waals surface area contributed by atoms with Crippen molar-refractivity contribution >= 4 is 5.91 Å². The molecule has 4 heteroatoms. The number of ether oxygens (including phenoxy) is 1. The third-order valence-corrected chi connectivity index (χ3v) is 4.65. The molecule has 1 N–H and O–H groups in total. The molecule has 1 heterocycles. The average molecular weight is 254 g/mol. The van der Waals surface area contributed by atoms with Crippen LogP contribution in [0.3, 0.4) is 0 Å². The molecule has 4 atom stereocenters. The second-order valence-corrected chi connectivity index (χ2v) is 6.07. The monoisotopic (exact) mass is 254 g/mol. The third kappa shape index (κ3) is 1.95. The molecule has 1 aliphatic heterocycles. The van der Waals surface area contributed by atoms with Crippen LogP contribution in [0.2, 0.25) is 0 Å². The molecule has 2 fully saturated rings. The molecule has 0 spiro atoms. The fourth-order valence-corrected chi connectivity index (χ4v) is 3.35. The number of nitrogens with one attached hydrogen (secondary N) is 1. The van der Waals surface area contributed by atoms with Crippen LogP contribution in [-0.2, 0) is 9.53 Å². The van der Waals surface area contributed by atoms with Gasteiger partial charge in [-0.1, -0.05) is 20.8 Å². The van der Waals surface area contributed by atoms with Gasteiger partial charge in [-0.2, -0.15) is 0 Å². The van der Waals surface area contributed by atoms with Crippen LogP contribution in [0.1, 0.15) is 47.5 Å². The highest BCUT2D eigenvalue weighted by molar-refractivity contribution is 5.84. The smallest absolute Gasteiger partial charge is 0.241 e. The van der Waals surface area contributed by atoms with E-state index in [1.165, 1.54) is 0 Å². The molecule has 104 valence electrons. The Morgan fingerprint density at radius 2 is 2.11 bits per heavy atom. The minimum atomic E-state index is 0.00180. The predicted octanol–water partition coefficient (Wildman–Crippen LogP) is 1.75. The molecule has 2 rings (SSSR count). The predicted molar refractivity (Wildman–Crippen MR) is 71.1 cm³/mol. The van der Waals surface area contributed by atoms with Gasteiger partial charge in [0.2, 0.25) is 5.91 Å². The summed E-state index contributed by atoms with van der Waals surface area (Å²) in [7, 11) is 0. The van der Waals surface area contributed by atoms with Crippen molar-refractivity contribution in [2.45, 2.75) is 71.8 Å². The molecule has 0 radical (unpaired) electrons. The highest BCUT2D eigenvalue weighted by atomic mass is 16.5. The molecule has 18 heavy (non-hydrogen) atoms. The summed E-state index contributed by atoms with van der Waals surface area (Å²) in [6.45, 7) is 11.3. The number of hydrogen-bond acceptors (Lipinski definition) is 3. The summed E-state index contributed by atoms with van der Waals surface area (Å²) in [5.41, 5.74) is 0.0598. The van der Waals surface area contributed by atoms with Gasteiger partial charge in [-0.05, 0) is 26.7 Å². The molecule has 1 aliphatic carbocycles. The second kappa shape index (κ2) is 4.82. The fourth-order valence-electron chi connectivity index (χ4n) is 3.35. The number of amides is 1. The maximum atomic E-state index is 12.4. The van der Waals surface area contributed by atoms with Gasteiger partial charge in [0.25, 0.3) is 0 Å². The average Bonchev–Trinajstić information content (AvgIpc) is 2.60. The van der Waals surface area contributed by atoms with Crippen LogP contribution in [-0.4, -0.2) is 41.8 Å². The SMILES string of the molecule is CCOC1CC(N2C(=O)C(CC)NC2C)C1(C)C. The molecule has 0 aromatic heterocycles. The Bertz CT molecular complexity index is 330. The number of carbonyl (C=O) groups excluding carboxylic acids is 1. The van der Waals surface area contributed by atoms with E-state index < -0.39 is 0 Å². The van der Waals surface area contributed by atoms with E-state index in [9.17, 15) is 4.79 Å². The first-order chi connectivity index (χ1) is 8.43. The summed E-state index contributed by atoms with van der Waals surface area (Å²) in [5, 5.41) is 3.37. The lowest BCUT2D eigenvalue weighted by atomic mass is 9.63. The lowest BCUT2D eigenvalue weighted by Crippen LogP contribution is -2.64. The molecule has 1 amide bonds. The van der Waals surface area contributed by atoms with Gasteiger partial charge in [-0.15, -0.1) is 0 Å². The Kier molecular flexibility index (Phi) is 3.70. The Morgan fingerprint density at radius 3 is 2.56 bits per heavy atom. The Balaban J connectivity index is 2.08. The maximum Gasteiger partial charge on any atom is 0.241 e. The van der Waals surface area contributed by atoms with E-state index in [2.05, 4.69) is 33.0 Å². The van der Waals surface area contributed by atoms with Crippen LogP contribution in [0, 0.1) is 5.41 Å². The zero-order chi connectivity index (χ0) is 13.5. The van der Waals surface area contributed by atoms with E-state index in [1.54, 1.807) is 0 Å². The van der Waals surface area contributed by atoms with Crippen molar-refractivity contribution < 1.29 is 9.53 Å². The van der Waals surface area contributed by atoms with Crippen molar-refractivity contribution in [1.82, 2.24) is 10.2 Å². The van der Waals surface area contributed by atoms with E-state index in [0.29, 0.717) is 6.04 Å². The topological polar surface area (TPSA) is 41.6 Å². The van der Waals surface area contributed by atoms with Gasteiger partial charge in [0.1, 0.15) is 0 Å². The molecule has 4 unspecified atom stereocenters. The first-order valence-electron chi connectivity index (χ1n) is 7.13. The first-order valence-corrected chi connectivity index (χ1v) is 7.13. The number of rotatable bonds is 4. The lowest BCUT2D eigenvalue weighted by Gasteiger charge is -2.55. The van der Waals surface area contributed by atoms with Gasteiger partial charge in [0, 0.05) is 18.1 Å². The van der Waals surface area contributed by atoms with E-state index in [4.69, 9.17) is 4.74 Å². The molecule has 0 aromatic rings. The maximum absolute atomic E-state index is 12.4. The minimum Gasteiger partial charge on any atom is -0.378 e. The van der Waals surface area contributed by atoms with Crippen LogP contribution >= 0.6 is 0 Å². The van der Waals surface area contributed by atoms with Gasteiger partial charge >= 0.3 is 0 Å². The van der Waals surface area contributed by atoms with Crippen LogP contribution < -0.4 is 5.32 Å². The van der Waals surface area contributed by atoms with Crippen molar-refractivity contribution in [1.29, 1.82) is 0 Å². The molecular formula is C14H26N2O2. The van der Waals surface area contributed by atoms with Gasteiger partial charge in [0.05, 0.1) is 18.3 Å². The molecule has 1 saturated carbocycles. The Labute approximate surface area is 110 Å². The molecular weight excluding hydrogens is 228 g/mol. The minimum absolute atomic E-state index is 0.00180. The summed E-state index contributed by atoms with van der Waals surface area (Å²) < 4.78 is 5.75. The largest absolute Gasteiger partial charge is 0.378 e. The van der Waals surface area contributed by atoms with Crippen LogP contribution in [0.25, 0.3) is 0 Å². The lowest BCUT2D eigenvalue weighted by molar-refractivity contribution is -0.167. The normalized spacial score (nSPS) is 38.9. The number of nitrogens with zero attached hydrogens (tertiary/aromatic N) is 1. The standard InChI is InChI=1S/C14H26N2O2/c1-6-10-13(17)16(9(3)15-10)11-8-12(18-7-2)14(11,4)5/h9-12,15H,6-8H2,1-5H3. The first kappa shape index (κ1) is 13.8. The summed E-state index contributed by atoms with van der Waals surface area (Å²) in [4.78, 5) is 14.4. The van der Waals surface area contributed by atoms with Crippen molar-refractivity contribution in [3.8, 4) is 0 Å². The Hall–Kier alpha value is -0.610. The highest BCUT2D eigenvalue weighted by Crippen LogP contribution is 2.47. The molecule has 0 aromatic carbocycles. The third-order valence-electron chi connectivity index (χ3n) is 4.65. The zero-order valence-electron chi connectivity index (χ0n) is 12.2.